The van der Waals surface area contributed by atoms with Crippen molar-refractivity contribution in [1.29, 1.82) is 0 Å². The zero-order valence-electron chi connectivity index (χ0n) is 16.3. The van der Waals surface area contributed by atoms with Gasteiger partial charge in [0.2, 0.25) is 15.9 Å². The number of aryl methyl sites for hydroxylation is 1. The summed E-state index contributed by atoms with van der Waals surface area (Å²) in [7, 11) is -3.59. The highest BCUT2D eigenvalue weighted by molar-refractivity contribution is 7.89. The van der Waals surface area contributed by atoms with E-state index in [4.69, 9.17) is 0 Å². The van der Waals surface area contributed by atoms with Gasteiger partial charge in [-0.25, -0.2) is 12.8 Å². The van der Waals surface area contributed by atoms with Crippen molar-refractivity contribution in [3.05, 3.63) is 65.5 Å². The Hall–Kier alpha value is -2.29. The maximum atomic E-state index is 14.1. The van der Waals surface area contributed by atoms with E-state index in [1.54, 1.807) is 41.3 Å². The SMILES string of the molecule is Cc1cccc(S(=O)(=O)N2CCC3(CC2)NCC(=O)N3Cc2ccccc2F)c1. The van der Waals surface area contributed by atoms with Gasteiger partial charge in [-0.2, -0.15) is 4.31 Å². The van der Waals surface area contributed by atoms with Crippen molar-refractivity contribution in [2.24, 2.45) is 0 Å². The van der Waals surface area contributed by atoms with Gasteiger partial charge in [-0.1, -0.05) is 30.3 Å². The Morgan fingerprint density at radius 2 is 1.83 bits per heavy atom. The summed E-state index contributed by atoms with van der Waals surface area (Å²) in [5.74, 6) is -0.440. The van der Waals surface area contributed by atoms with Crippen LogP contribution in [0.2, 0.25) is 0 Å². The van der Waals surface area contributed by atoms with E-state index in [9.17, 15) is 17.6 Å². The van der Waals surface area contributed by atoms with E-state index in [1.807, 2.05) is 13.0 Å². The van der Waals surface area contributed by atoms with Crippen LogP contribution in [0.4, 0.5) is 4.39 Å². The number of sulfonamides is 1. The predicted octanol–water partition coefficient (Wildman–Crippen LogP) is 2.25. The van der Waals surface area contributed by atoms with Crippen molar-refractivity contribution in [2.75, 3.05) is 19.6 Å². The molecule has 0 aromatic heterocycles. The Balaban J connectivity index is 1.53. The number of benzene rings is 2. The first-order valence-corrected chi connectivity index (χ1v) is 11.1. The van der Waals surface area contributed by atoms with Crippen LogP contribution >= 0.6 is 0 Å². The summed E-state index contributed by atoms with van der Waals surface area (Å²) in [6.07, 6.45) is 0.913. The van der Waals surface area contributed by atoms with Gasteiger partial charge in [0.05, 0.1) is 23.6 Å². The molecule has 2 aromatic rings. The van der Waals surface area contributed by atoms with E-state index in [0.717, 1.165) is 5.56 Å². The first kappa shape index (κ1) is 20.0. The second-order valence-corrected chi connectivity index (χ2v) is 9.61. The fraction of sp³-hybridized carbons (Fsp3) is 0.381. The average molecular weight is 418 g/mol. The smallest absolute Gasteiger partial charge is 0.243 e. The third-order valence-corrected chi connectivity index (χ3v) is 7.74. The number of amides is 1. The van der Waals surface area contributed by atoms with Crippen LogP contribution in [0.3, 0.4) is 0 Å². The summed E-state index contributed by atoms with van der Waals surface area (Å²) in [5.41, 5.74) is 0.704. The lowest BCUT2D eigenvalue weighted by Crippen LogP contribution is -2.58. The molecule has 1 N–H and O–H groups in total. The number of nitrogens with zero attached hydrogens (tertiary/aromatic N) is 2. The molecule has 1 amide bonds. The second-order valence-electron chi connectivity index (χ2n) is 7.68. The maximum Gasteiger partial charge on any atom is 0.243 e. The zero-order chi connectivity index (χ0) is 20.6. The first-order chi connectivity index (χ1) is 13.8. The molecule has 0 bridgehead atoms. The maximum absolute atomic E-state index is 14.1. The number of rotatable bonds is 4. The molecule has 2 saturated heterocycles. The molecule has 2 aromatic carbocycles. The molecule has 2 aliphatic heterocycles. The molecule has 4 rings (SSSR count). The number of hydrogen-bond acceptors (Lipinski definition) is 4. The number of carbonyl (C=O) groups is 1. The van der Waals surface area contributed by atoms with Gasteiger partial charge in [-0.05, 0) is 43.5 Å². The molecule has 8 heteroatoms. The van der Waals surface area contributed by atoms with E-state index in [0.29, 0.717) is 31.5 Å². The van der Waals surface area contributed by atoms with Gasteiger partial charge in [0.25, 0.3) is 0 Å². The summed E-state index contributed by atoms with van der Waals surface area (Å²) < 4.78 is 41.6. The first-order valence-electron chi connectivity index (χ1n) is 9.68. The molecule has 0 atom stereocenters. The summed E-state index contributed by atoms with van der Waals surface area (Å²) in [5, 5.41) is 3.26. The minimum Gasteiger partial charge on any atom is -0.319 e. The van der Waals surface area contributed by atoms with Crippen molar-refractivity contribution in [3.63, 3.8) is 0 Å². The highest BCUT2D eigenvalue weighted by Gasteiger charge is 2.48. The van der Waals surface area contributed by atoms with E-state index in [2.05, 4.69) is 5.32 Å². The van der Waals surface area contributed by atoms with Gasteiger partial charge in [0.15, 0.2) is 0 Å². The van der Waals surface area contributed by atoms with Gasteiger partial charge in [-0.3, -0.25) is 10.1 Å². The Morgan fingerprint density at radius 3 is 2.52 bits per heavy atom. The minimum atomic E-state index is -3.59. The molecule has 0 saturated carbocycles. The van der Waals surface area contributed by atoms with Crippen LogP contribution in [0, 0.1) is 12.7 Å². The fourth-order valence-electron chi connectivity index (χ4n) is 4.17. The molecule has 2 fully saturated rings. The number of piperidine rings is 1. The van der Waals surface area contributed by atoms with Crippen molar-refractivity contribution >= 4 is 15.9 Å². The van der Waals surface area contributed by atoms with E-state index in [1.165, 1.54) is 10.4 Å². The lowest BCUT2D eigenvalue weighted by atomic mass is 9.96. The van der Waals surface area contributed by atoms with Gasteiger partial charge < -0.3 is 4.90 Å². The molecule has 0 unspecified atom stereocenters. The fourth-order valence-corrected chi connectivity index (χ4v) is 5.72. The number of halogens is 1. The summed E-state index contributed by atoms with van der Waals surface area (Å²) in [6.45, 7) is 2.80. The number of hydrogen-bond donors (Lipinski definition) is 1. The van der Waals surface area contributed by atoms with Gasteiger partial charge >= 0.3 is 0 Å². The zero-order valence-corrected chi connectivity index (χ0v) is 17.1. The molecule has 0 aliphatic carbocycles. The normalized spacial score (nSPS) is 19.8. The molecule has 1 spiro atoms. The van der Waals surface area contributed by atoms with Gasteiger partial charge in [0.1, 0.15) is 5.82 Å². The average Bonchev–Trinajstić information content (AvgIpc) is 2.99. The monoisotopic (exact) mass is 417 g/mol. The Labute approximate surface area is 170 Å². The molecule has 29 heavy (non-hydrogen) atoms. The topological polar surface area (TPSA) is 69.7 Å². The quantitative estimate of drug-likeness (QED) is 0.829. The van der Waals surface area contributed by atoms with Crippen LogP contribution in [0.1, 0.15) is 24.0 Å². The molecule has 6 nitrogen and oxygen atoms in total. The molecular formula is C21H24FN3O3S. The third kappa shape index (κ3) is 3.68. The van der Waals surface area contributed by atoms with Crippen LogP contribution < -0.4 is 5.32 Å². The Morgan fingerprint density at radius 1 is 1.10 bits per heavy atom. The van der Waals surface area contributed by atoms with Crippen molar-refractivity contribution in [1.82, 2.24) is 14.5 Å². The molecule has 2 heterocycles. The highest BCUT2D eigenvalue weighted by atomic mass is 32.2. The largest absolute Gasteiger partial charge is 0.319 e. The highest BCUT2D eigenvalue weighted by Crippen LogP contribution is 2.34. The summed E-state index contributed by atoms with van der Waals surface area (Å²) in [6, 6.07) is 13.3. The van der Waals surface area contributed by atoms with Gasteiger partial charge in [0, 0.05) is 18.7 Å². The summed E-state index contributed by atoms with van der Waals surface area (Å²) >= 11 is 0. The Bertz CT molecular complexity index is 1030. The standard InChI is InChI=1S/C21H24FN3O3S/c1-16-5-4-7-18(13-16)29(27,28)24-11-9-21(10-12-24)23-14-20(26)25(21)15-17-6-2-3-8-19(17)22/h2-8,13,23H,9-12,14-15H2,1H3. The lowest BCUT2D eigenvalue weighted by molar-refractivity contribution is -0.132. The number of carbonyl (C=O) groups excluding carboxylic acids is 1. The van der Waals surface area contributed by atoms with Gasteiger partial charge in [-0.15, -0.1) is 0 Å². The van der Waals surface area contributed by atoms with Crippen molar-refractivity contribution < 1.29 is 17.6 Å². The van der Waals surface area contributed by atoms with Crippen LogP contribution in [0.15, 0.2) is 53.4 Å². The molecule has 154 valence electrons. The van der Waals surface area contributed by atoms with Crippen LogP contribution in [-0.4, -0.2) is 48.8 Å². The Kier molecular flexibility index (Phi) is 5.18. The van der Waals surface area contributed by atoms with E-state index in [-0.39, 0.29) is 29.7 Å². The third-order valence-electron chi connectivity index (χ3n) is 5.85. The molecular weight excluding hydrogens is 393 g/mol. The van der Waals surface area contributed by atoms with Crippen LogP contribution in [-0.2, 0) is 21.4 Å². The molecule has 0 radical (unpaired) electrons. The summed E-state index contributed by atoms with van der Waals surface area (Å²) in [4.78, 5) is 14.5. The van der Waals surface area contributed by atoms with Crippen molar-refractivity contribution in [2.45, 2.75) is 36.9 Å². The van der Waals surface area contributed by atoms with E-state index >= 15 is 0 Å². The van der Waals surface area contributed by atoms with Crippen LogP contribution in [0.5, 0.6) is 0 Å². The van der Waals surface area contributed by atoms with Crippen LogP contribution in [0.25, 0.3) is 0 Å². The van der Waals surface area contributed by atoms with Crippen molar-refractivity contribution in [3.8, 4) is 0 Å². The predicted molar refractivity (Wildman–Crippen MR) is 107 cm³/mol. The van der Waals surface area contributed by atoms with E-state index < -0.39 is 15.7 Å². The lowest BCUT2D eigenvalue weighted by Gasteiger charge is -2.44. The minimum absolute atomic E-state index is 0.0942. The second kappa shape index (κ2) is 7.51. The number of nitrogens with one attached hydrogen (secondary N) is 1. The molecule has 2 aliphatic rings.